The van der Waals surface area contributed by atoms with Crippen LogP contribution < -0.4 is 4.90 Å². The molecule has 0 radical (unpaired) electrons. The monoisotopic (exact) mass is 252 g/mol. The molecule has 0 saturated heterocycles. The Bertz CT molecular complexity index is 629. The maximum absolute atomic E-state index is 9.59. The minimum Gasteiger partial charge on any atom is -0.508 e. The van der Waals surface area contributed by atoms with E-state index in [0.717, 1.165) is 23.5 Å². The summed E-state index contributed by atoms with van der Waals surface area (Å²) in [6, 6.07) is 15.0. The van der Waals surface area contributed by atoms with Gasteiger partial charge in [-0.1, -0.05) is 12.1 Å². The van der Waals surface area contributed by atoms with E-state index in [4.69, 9.17) is 0 Å². The van der Waals surface area contributed by atoms with E-state index in [9.17, 15) is 10.4 Å². The van der Waals surface area contributed by atoms with Crippen molar-refractivity contribution in [2.45, 2.75) is 13.8 Å². The molecule has 0 aliphatic heterocycles. The van der Waals surface area contributed by atoms with Gasteiger partial charge in [0.05, 0.1) is 11.3 Å². The first-order valence-corrected chi connectivity index (χ1v) is 6.23. The lowest BCUT2D eigenvalue weighted by Crippen LogP contribution is -2.17. The standard InChI is InChI=1S/C16H16N2O/c1-3-18(14-5-4-6-15(19)10-14)16-9-12(2)7-8-13(16)11-17/h4-10,19H,3H2,1-2H3. The van der Waals surface area contributed by atoms with Crippen molar-refractivity contribution >= 4 is 11.4 Å². The van der Waals surface area contributed by atoms with E-state index in [1.807, 2.05) is 43.0 Å². The van der Waals surface area contributed by atoms with Crippen LogP contribution in [-0.4, -0.2) is 11.7 Å². The van der Waals surface area contributed by atoms with Crippen molar-refractivity contribution in [2.24, 2.45) is 0 Å². The van der Waals surface area contributed by atoms with Crippen LogP contribution >= 0.6 is 0 Å². The lowest BCUT2D eigenvalue weighted by atomic mass is 10.1. The van der Waals surface area contributed by atoms with Gasteiger partial charge in [0.25, 0.3) is 0 Å². The molecular formula is C16H16N2O. The lowest BCUT2D eigenvalue weighted by molar-refractivity contribution is 0.475. The maximum Gasteiger partial charge on any atom is 0.117 e. The zero-order valence-corrected chi connectivity index (χ0v) is 11.1. The molecular weight excluding hydrogens is 236 g/mol. The first-order chi connectivity index (χ1) is 9.15. The van der Waals surface area contributed by atoms with Gasteiger partial charge in [0, 0.05) is 18.3 Å². The quantitative estimate of drug-likeness (QED) is 0.905. The van der Waals surface area contributed by atoms with Crippen LogP contribution in [0.2, 0.25) is 0 Å². The van der Waals surface area contributed by atoms with Crippen molar-refractivity contribution in [2.75, 3.05) is 11.4 Å². The Morgan fingerprint density at radius 3 is 2.63 bits per heavy atom. The highest BCUT2D eigenvalue weighted by molar-refractivity contribution is 5.70. The number of hydrogen-bond donors (Lipinski definition) is 1. The molecule has 0 amide bonds. The molecule has 3 nitrogen and oxygen atoms in total. The Morgan fingerprint density at radius 1 is 1.21 bits per heavy atom. The second-order valence-corrected chi connectivity index (χ2v) is 4.40. The van der Waals surface area contributed by atoms with Crippen molar-refractivity contribution in [1.29, 1.82) is 5.26 Å². The average Bonchev–Trinajstić information content (AvgIpc) is 2.40. The summed E-state index contributed by atoms with van der Waals surface area (Å²) in [6.45, 7) is 4.75. The molecule has 1 N–H and O–H groups in total. The number of hydrogen-bond acceptors (Lipinski definition) is 3. The number of rotatable bonds is 3. The highest BCUT2D eigenvalue weighted by Gasteiger charge is 2.12. The molecule has 96 valence electrons. The summed E-state index contributed by atoms with van der Waals surface area (Å²) in [5, 5.41) is 18.8. The molecule has 0 aliphatic carbocycles. The van der Waals surface area contributed by atoms with E-state index < -0.39 is 0 Å². The molecule has 2 aromatic rings. The van der Waals surface area contributed by atoms with Crippen LogP contribution in [0.4, 0.5) is 11.4 Å². The van der Waals surface area contributed by atoms with Gasteiger partial charge in [0.1, 0.15) is 11.8 Å². The molecule has 3 heteroatoms. The van der Waals surface area contributed by atoms with Crippen LogP contribution in [-0.2, 0) is 0 Å². The number of benzene rings is 2. The summed E-state index contributed by atoms with van der Waals surface area (Å²) < 4.78 is 0. The van der Waals surface area contributed by atoms with Crippen LogP contribution in [0.15, 0.2) is 42.5 Å². The smallest absolute Gasteiger partial charge is 0.117 e. The summed E-state index contributed by atoms with van der Waals surface area (Å²) in [5.41, 5.74) is 3.49. The molecule has 0 spiro atoms. The van der Waals surface area contributed by atoms with E-state index in [0.29, 0.717) is 5.56 Å². The Labute approximate surface area is 113 Å². The Balaban J connectivity index is 2.54. The lowest BCUT2D eigenvalue weighted by Gasteiger charge is -2.24. The summed E-state index contributed by atoms with van der Waals surface area (Å²) in [4.78, 5) is 2.02. The fraction of sp³-hybridized carbons (Fsp3) is 0.188. The molecule has 0 aliphatic rings. The maximum atomic E-state index is 9.59. The molecule has 2 aromatic carbocycles. The zero-order valence-electron chi connectivity index (χ0n) is 11.1. The van der Waals surface area contributed by atoms with Crippen molar-refractivity contribution < 1.29 is 5.11 Å². The van der Waals surface area contributed by atoms with Crippen LogP contribution in [0.3, 0.4) is 0 Å². The van der Waals surface area contributed by atoms with E-state index in [2.05, 4.69) is 6.07 Å². The predicted molar refractivity (Wildman–Crippen MR) is 76.7 cm³/mol. The summed E-state index contributed by atoms with van der Waals surface area (Å²) in [6.07, 6.45) is 0. The summed E-state index contributed by atoms with van der Waals surface area (Å²) in [7, 11) is 0. The van der Waals surface area contributed by atoms with Gasteiger partial charge in [-0.25, -0.2) is 0 Å². The van der Waals surface area contributed by atoms with Crippen molar-refractivity contribution in [3.8, 4) is 11.8 Å². The second kappa shape index (κ2) is 5.45. The van der Waals surface area contributed by atoms with Crippen molar-refractivity contribution in [3.05, 3.63) is 53.6 Å². The third kappa shape index (κ3) is 2.69. The normalized spacial score (nSPS) is 9.95. The number of aromatic hydroxyl groups is 1. The second-order valence-electron chi connectivity index (χ2n) is 4.40. The van der Waals surface area contributed by atoms with Crippen LogP contribution in [0, 0.1) is 18.3 Å². The van der Waals surface area contributed by atoms with Crippen molar-refractivity contribution in [1.82, 2.24) is 0 Å². The number of anilines is 2. The summed E-state index contributed by atoms with van der Waals surface area (Å²) >= 11 is 0. The molecule has 0 saturated carbocycles. The molecule has 0 bridgehead atoms. The first kappa shape index (κ1) is 13.0. The Morgan fingerprint density at radius 2 is 2.00 bits per heavy atom. The van der Waals surface area contributed by atoms with Gasteiger partial charge in [0.15, 0.2) is 0 Å². The Hall–Kier alpha value is -2.47. The number of phenolic OH excluding ortho intramolecular Hbond substituents is 1. The fourth-order valence-corrected chi connectivity index (χ4v) is 2.11. The van der Waals surface area contributed by atoms with Gasteiger partial charge in [0.2, 0.25) is 0 Å². The number of phenols is 1. The molecule has 0 atom stereocenters. The van der Waals surface area contributed by atoms with Crippen molar-refractivity contribution in [3.63, 3.8) is 0 Å². The minimum atomic E-state index is 0.224. The number of nitriles is 1. The molecule has 0 fully saturated rings. The summed E-state index contributed by atoms with van der Waals surface area (Å²) in [5.74, 6) is 0.224. The molecule has 0 heterocycles. The van der Waals surface area contributed by atoms with Crippen LogP contribution in [0.1, 0.15) is 18.1 Å². The number of aryl methyl sites for hydroxylation is 1. The van der Waals surface area contributed by atoms with Crippen LogP contribution in [0.25, 0.3) is 0 Å². The van der Waals surface area contributed by atoms with E-state index in [1.54, 1.807) is 18.2 Å². The van der Waals surface area contributed by atoms with Gasteiger partial charge in [-0.2, -0.15) is 5.26 Å². The zero-order chi connectivity index (χ0) is 13.8. The van der Waals surface area contributed by atoms with Gasteiger partial charge < -0.3 is 10.0 Å². The predicted octanol–water partition coefficient (Wildman–Crippen LogP) is 3.73. The van der Waals surface area contributed by atoms with E-state index in [-0.39, 0.29) is 5.75 Å². The fourth-order valence-electron chi connectivity index (χ4n) is 2.11. The van der Waals surface area contributed by atoms with E-state index in [1.165, 1.54) is 0 Å². The average molecular weight is 252 g/mol. The van der Waals surface area contributed by atoms with E-state index >= 15 is 0 Å². The molecule has 2 rings (SSSR count). The van der Waals surface area contributed by atoms with Gasteiger partial charge in [-0.15, -0.1) is 0 Å². The SMILES string of the molecule is CCN(c1cccc(O)c1)c1cc(C)ccc1C#N. The third-order valence-corrected chi connectivity index (χ3v) is 3.02. The Kier molecular flexibility index (Phi) is 3.72. The minimum absolute atomic E-state index is 0.224. The van der Waals surface area contributed by atoms with Crippen LogP contribution in [0.5, 0.6) is 5.75 Å². The third-order valence-electron chi connectivity index (χ3n) is 3.02. The van der Waals surface area contributed by atoms with Gasteiger partial charge >= 0.3 is 0 Å². The first-order valence-electron chi connectivity index (χ1n) is 6.23. The van der Waals surface area contributed by atoms with Gasteiger partial charge in [-0.05, 0) is 43.7 Å². The molecule has 0 aromatic heterocycles. The molecule has 19 heavy (non-hydrogen) atoms. The topological polar surface area (TPSA) is 47.3 Å². The number of nitrogens with zero attached hydrogens (tertiary/aromatic N) is 2. The molecule has 0 unspecified atom stereocenters. The van der Waals surface area contributed by atoms with Gasteiger partial charge in [-0.3, -0.25) is 0 Å². The highest BCUT2D eigenvalue weighted by Crippen LogP contribution is 2.30. The largest absolute Gasteiger partial charge is 0.508 e. The highest BCUT2D eigenvalue weighted by atomic mass is 16.3.